The molecule has 0 bridgehead atoms. The van der Waals surface area contributed by atoms with E-state index in [1.165, 1.54) is 16.2 Å². The van der Waals surface area contributed by atoms with Crippen molar-refractivity contribution in [3.05, 3.63) is 16.0 Å². The van der Waals surface area contributed by atoms with Crippen molar-refractivity contribution in [2.24, 2.45) is 5.92 Å². The summed E-state index contributed by atoms with van der Waals surface area (Å²) in [5, 5.41) is 16.3. The Morgan fingerprint density at radius 1 is 1.55 bits per heavy atom. The van der Waals surface area contributed by atoms with E-state index in [1.54, 1.807) is 0 Å². The molecular formula is C14H17N3O2S. The van der Waals surface area contributed by atoms with Crippen LogP contribution in [-0.2, 0) is 22.5 Å². The molecule has 1 amide bonds. The van der Waals surface area contributed by atoms with Crippen molar-refractivity contribution in [3.8, 4) is 6.07 Å². The van der Waals surface area contributed by atoms with Gasteiger partial charge in [0.05, 0.1) is 18.1 Å². The van der Waals surface area contributed by atoms with Crippen LogP contribution in [0.4, 0.5) is 5.00 Å². The second kappa shape index (κ2) is 5.92. The predicted octanol–water partition coefficient (Wildman–Crippen LogP) is 1.63. The molecule has 1 saturated heterocycles. The van der Waals surface area contributed by atoms with Gasteiger partial charge in [0.1, 0.15) is 11.1 Å². The molecule has 1 aromatic rings. The van der Waals surface area contributed by atoms with E-state index in [0.29, 0.717) is 17.2 Å². The van der Waals surface area contributed by atoms with Crippen LogP contribution in [0, 0.1) is 17.2 Å². The van der Waals surface area contributed by atoms with Gasteiger partial charge in [-0.25, -0.2) is 0 Å². The number of hydrogen-bond donors (Lipinski definition) is 2. The van der Waals surface area contributed by atoms with Crippen LogP contribution < -0.4 is 10.6 Å². The van der Waals surface area contributed by atoms with Crippen molar-refractivity contribution >= 4 is 22.2 Å². The van der Waals surface area contributed by atoms with E-state index in [4.69, 9.17) is 4.74 Å². The molecule has 1 aromatic heterocycles. The highest BCUT2D eigenvalue weighted by molar-refractivity contribution is 7.16. The van der Waals surface area contributed by atoms with Gasteiger partial charge in [0, 0.05) is 18.0 Å². The van der Waals surface area contributed by atoms with Gasteiger partial charge in [-0.3, -0.25) is 4.79 Å². The average molecular weight is 291 g/mol. The Hall–Kier alpha value is -1.42. The van der Waals surface area contributed by atoms with Crippen LogP contribution in [0.2, 0.25) is 0 Å². The number of rotatable bonds is 2. The Bertz CT molecular complexity index is 556. The van der Waals surface area contributed by atoms with E-state index >= 15 is 0 Å². The molecule has 0 saturated carbocycles. The molecular weight excluding hydrogens is 274 g/mol. The minimum atomic E-state index is -0.0902. The standard InChI is InChI=1S/C14H17N3O2S/c15-6-11-10-3-4-16-7-12(10)20-14(11)17-13(18)9-2-1-5-19-8-9/h9,16H,1-5,7-8H2,(H,17,18). The lowest BCUT2D eigenvalue weighted by Crippen LogP contribution is -2.30. The first-order chi connectivity index (χ1) is 9.79. The van der Waals surface area contributed by atoms with E-state index in [1.807, 2.05) is 0 Å². The summed E-state index contributed by atoms with van der Waals surface area (Å²) in [6, 6.07) is 2.25. The fourth-order valence-electron chi connectivity index (χ4n) is 2.70. The summed E-state index contributed by atoms with van der Waals surface area (Å²) in [6.07, 6.45) is 2.64. The summed E-state index contributed by atoms with van der Waals surface area (Å²) in [7, 11) is 0. The van der Waals surface area contributed by atoms with Gasteiger partial charge < -0.3 is 15.4 Å². The number of nitrogens with zero attached hydrogens (tertiary/aromatic N) is 1. The average Bonchev–Trinajstić information content (AvgIpc) is 2.85. The minimum absolute atomic E-state index is 0.0206. The maximum absolute atomic E-state index is 12.2. The first-order valence-corrected chi connectivity index (χ1v) is 7.75. The highest BCUT2D eigenvalue weighted by Gasteiger charge is 2.26. The summed E-state index contributed by atoms with van der Waals surface area (Å²) >= 11 is 1.52. The summed E-state index contributed by atoms with van der Waals surface area (Å²) in [5.74, 6) is -0.111. The SMILES string of the molecule is N#Cc1c(NC(=O)C2CCCOC2)sc2c1CCNC2. The van der Waals surface area contributed by atoms with Gasteiger partial charge in [0.15, 0.2) is 0 Å². The van der Waals surface area contributed by atoms with E-state index < -0.39 is 0 Å². The highest BCUT2D eigenvalue weighted by Crippen LogP contribution is 2.35. The Balaban J connectivity index is 1.78. The second-order valence-electron chi connectivity index (χ2n) is 5.15. The van der Waals surface area contributed by atoms with E-state index in [9.17, 15) is 10.1 Å². The molecule has 2 N–H and O–H groups in total. The third kappa shape index (κ3) is 2.57. The molecule has 3 rings (SSSR count). The second-order valence-corrected chi connectivity index (χ2v) is 6.25. The van der Waals surface area contributed by atoms with Crippen molar-refractivity contribution < 1.29 is 9.53 Å². The Kier molecular flexibility index (Phi) is 4.01. The number of carbonyl (C=O) groups excluding carboxylic acids is 1. The summed E-state index contributed by atoms with van der Waals surface area (Å²) in [6.45, 7) is 2.91. The van der Waals surface area contributed by atoms with Gasteiger partial charge in [-0.2, -0.15) is 5.26 Å². The number of fused-ring (bicyclic) bond motifs is 1. The number of anilines is 1. The molecule has 0 aromatic carbocycles. The van der Waals surface area contributed by atoms with Crippen LogP contribution in [-0.4, -0.2) is 25.7 Å². The first-order valence-electron chi connectivity index (χ1n) is 6.93. The van der Waals surface area contributed by atoms with Gasteiger partial charge in [0.2, 0.25) is 5.91 Å². The van der Waals surface area contributed by atoms with Crippen LogP contribution in [0.1, 0.15) is 28.8 Å². The third-order valence-corrected chi connectivity index (χ3v) is 4.96. The van der Waals surface area contributed by atoms with Gasteiger partial charge in [0.25, 0.3) is 0 Å². The molecule has 0 aliphatic carbocycles. The number of nitrogens with one attached hydrogen (secondary N) is 2. The molecule has 0 radical (unpaired) electrons. The quantitative estimate of drug-likeness (QED) is 0.868. The Morgan fingerprint density at radius 2 is 2.45 bits per heavy atom. The topological polar surface area (TPSA) is 74.2 Å². The zero-order valence-corrected chi connectivity index (χ0v) is 12.0. The van der Waals surface area contributed by atoms with Gasteiger partial charge in [-0.15, -0.1) is 11.3 Å². The summed E-state index contributed by atoms with van der Waals surface area (Å²) in [4.78, 5) is 13.4. The molecule has 106 valence electrons. The van der Waals surface area contributed by atoms with Crippen LogP contribution in [0.5, 0.6) is 0 Å². The maximum Gasteiger partial charge on any atom is 0.230 e. The van der Waals surface area contributed by atoms with Crippen molar-refractivity contribution in [1.29, 1.82) is 5.26 Å². The number of ether oxygens (including phenoxy) is 1. The minimum Gasteiger partial charge on any atom is -0.381 e. The number of amides is 1. The maximum atomic E-state index is 12.2. The lowest BCUT2D eigenvalue weighted by molar-refractivity contribution is -0.123. The van der Waals surface area contributed by atoms with Gasteiger partial charge >= 0.3 is 0 Å². The number of hydrogen-bond acceptors (Lipinski definition) is 5. The smallest absolute Gasteiger partial charge is 0.230 e. The molecule has 1 fully saturated rings. The van der Waals surface area contributed by atoms with Crippen LogP contribution >= 0.6 is 11.3 Å². The fraction of sp³-hybridized carbons (Fsp3) is 0.571. The van der Waals surface area contributed by atoms with Gasteiger partial charge in [-0.1, -0.05) is 0 Å². The van der Waals surface area contributed by atoms with Crippen molar-refractivity contribution in [1.82, 2.24) is 5.32 Å². The molecule has 2 aliphatic heterocycles. The van der Waals surface area contributed by atoms with Gasteiger partial charge in [-0.05, 0) is 31.4 Å². The normalized spacial score (nSPS) is 21.9. The lowest BCUT2D eigenvalue weighted by atomic mass is 10.0. The number of thiophene rings is 1. The lowest BCUT2D eigenvalue weighted by Gasteiger charge is -2.20. The molecule has 0 spiro atoms. The van der Waals surface area contributed by atoms with E-state index in [-0.39, 0.29) is 11.8 Å². The highest BCUT2D eigenvalue weighted by atomic mass is 32.1. The monoisotopic (exact) mass is 291 g/mol. The molecule has 6 heteroatoms. The van der Waals surface area contributed by atoms with Crippen LogP contribution in [0.15, 0.2) is 0 Å². The molecule has 1 unspecified atom stereocenters. The number of nitriles is 1. The Labute approximate surface area is 121 Å². The molecule has 3 heterocycles. The largest absolute Gasteiger partial charge is 0.381 e. The molecule has 20 heavy (non-hydrogen) atoms. The fourth-order valence-corrected chi connectivity index (χ4v) is 3.87. The van der Waals surface area contributed by atoms with E-state index in [0.717, 1.165) is 44.5 Å². The zero-order valence-electron chi connectivity index (χ0n) is 11.2. The predicted molar refractivity (Wildman–Crippen MR) is 76.6 cm³/mol. The molecule has 5 nitrogen and oxygen atoms in total. The van der Waals surface area contributed by atoms with Crippen LogP contribution in [0.25, 0.3) is 0 Å². The summed E-state index contributed by atoms with van der Waals surface area (Å²) in [5.41, 5.74) is 1.75. The molecule has 1 atom stereocenters. The third-order valence-electron chi connectivity index (χ3n) is 3.81. The Morgan fingerprint density at radius 3 is 3.20 bits per heavy atom. The van der Waals surface area contributed by atoms with E-state index in [2.05, 4.69) is 16.7 Å². The first kappa shape index (κ1) is 13.6. The van der Waals surface area contributed by atoms with Crippen LogP contribution in [0.3, 0.4) is 0 Å². The zero-order chi connectivity index (χ0) is 13.9. The molecule has 2 aliphatic rings. The number of carbonyl (C=O) groups is 1. The van der Waals surface area contributed by atoms with Crippen molar-refractivity contribution in [2.75, 3.05) is 25.1 Å². The van der Waals surface area contributed by atoms with Crippen molar-refractivity contribution in [3.63, 3.8) is 0 Å². The summed E-state index contributed by atoms with van der Waals surface area (Å²) < 4.78 is 5.35. The van der Waals surface area contributed by atoms with Crippen molar-refractivity contribution in [2.45, 2.75) is 25.8 Å².